The third-order valence-corrected chi connectivity index (χ3v) is 2.80. The summed E-state index contributed by atoms with van der Waals surface area (Å²) in [5.74, 6) is 1.07. The zero-order chi connectivity index (χ0) is 10.3. The largest absolute Gasteiger partial charge is 0.389 e. The van der Waals surface area contributed by atoms with Gasteiger partial charge in [0.1, 0.15) is 10.8 Å². The summed E-state index contributed by atoms with van der Waals surface area (Å²) >= 11 is 5.04. The molecule has 0 unspecified atom stereocenters. The van der Waals surface area contributed by atoms with Crippen LogP contribution in [0, 0.1) is 6.92 Å². The highest BCUT2D eigenvalue weighted by atomic mass is 32.1. The predicted molar refractivity (Wildman–Crippen MR) is 60.7 cm³/mol. The van der Waals surface area contributed by atoms with Gasteiger partial charge in [0.15, 0.2) is 0 Å². The quantitative estimate of drug-likeness (QED) is 0.725. The molecule has 0 amide bonds. The molecule has 2 heterocycles. The third kappa shape index (κ3) is 1.28. The number of hydrogen-bond donors (Lipinski definition) is 1. The van der Waals surface area contributed by atoms with E-state index in [0.717, 1.165) is 30.2 Å². The second kappa shape index (κ2) is 3.24. The smallest absolute Gasteiger partial charge is 0.137 e. The summed E-state index contributed by atoms with van der Waals surface area (Å²) in [6, 6.07) is 0. The van der Waals surface area contributed by atoms with Gasteiger partial charge in [-0.15, -0.1) is 0 Å². The van der Waals surface area contributed by atoms with Crippen LogP contribution in [-0.2, 0) is 7.05 Å². The van der Waals surface area contributed by atoms with Gasteiger partial charge < -0.3 is 10.6 Å². The molecule has 1 saturated heterocycles. The second-order valence-electron chi connectivity index (χ2n) is 3.61. The molecule has 0 aliphatic carbocycles. The van der Waals surface area contributed by atoms with E-state index in [0.29, 0.717) is 4.99 Å². The lowest BCUT2D eigenvalue weighted by molar-refractivity contribution is 0.585. The van der Waals surface area contributed by atoms with E-state index in [2.05, 4.69) is 10.00 Å². The van der Waals surface area contributed by atoms with Crippen molar-refractivity contribution in [2.45, 2.75) is 13.3 Å². The van der Waals surface area contributed by atoms with Crippen LogP contribution in [0.15, 0.2) is 0 Å². The van der Waals surface area contributed by atoms with E-state index in [1.165, 1.54) is 6.42 Å². The van der Waals surface area contributed by atoms with Gasteiger partial charge in [0.25, 0.3) is 0 Å². The van der Waals surface area contributed by atoms with Crippen molar-refractivity contribution in [2.75, 3.05) is 18.0 Å². The van der Waals surface area contributed by atoms with Crippen molar-refractivity contribution < 1.29 is 0 Å². The predicted octanol–water partition coefficient (Wildman–Crippen LogP) is 0.573. The molecule has 1 aliphatic heterocycles. The number of nitrogens with two attached hydrogens (primary N) is 1. The minimum atomic E-state index is 0.442. The van der Waals surface area contributed by atoms with Crippen molar-refractivity contribution in [2.24, 2.45) is 12.8 Å². The number of aromatic nitrogens is 2. The number of aryl methyl sites for hydroxylation is 2. The molecule has 2 N–H and O–H groups in total. The van der Waals surface area contributed by atoms with E-state index in [4.69, 9.17) is 18.0 Å². The number of hydrogen-bond acceptors (Lipinski definition) is 3. The van der Waals surface area contributed by atoms with Crippen LogP contribution in [-0.4, -0.2) is 27.9 Å². The van der Waals surface area contributed by atoms with Gasteiger partial charge in [0, 0.05) is 20.1 Å². The third-order valence-electron chi connectivity index (χ3n) is 2.59. The van der Waals surface area contributed by atoms with Crippen LogP contribution >= 0.6 is 12.2 Å². The summed E-state index contributed by atoms with van der Waals surface area (Å²) < 4.78 is 1.86. The number of thiocarbonyl (C=S) groups is 1. The Kier molecular flexibility index (Phi) is 2.19. The molecular weight excluding hydrogens is 196 g/mol. The van der Waals surface area contributed by atoms with E-state index in [-0.39, 0.29) is 0 Å². The molecule has 2 rings (SSSR count). The molecule has 0 saturated carbocycles. The molecule has 14 heavy (non-hydrogen) atoms. The van der Waals surface area contributed by atoms with E-state index in [1.807, 2.05) is 18.7 Å². The van der Waals surface area contributed by atoms with Gasteiger partial charge >= 0.3 is 0 Å². The summed E-state index contributed by atoms with van der Waals surface area (Å²) in [7, 11) is 1.93. The lowest BCUT2D eigenvalue weighted by Crippen LogP contribution is -2.39. The molecule has 76 valence electrons. The fourth-order valence-corrected chi connectivity index (χ4v) is 2.06. The van der Waals surface area contributed by atoms with Gasteiger partial charge in [-0.25, -0.2) is 0 Å². The van der Waals surface area contributed by atoms with Crippen molar-refractivity contribution >= 4 is 23.0 Å². The van der Waals surface area contributed by atoms with E-state index in [1.54, 1.807) is 0 Å². The Bertz CT molecular complexity index is 378. The Morgan fingerprint density at radius 3 is 2.57 bits per heavy atom. The first-order valence-corrected chi connectivity index (χ1v) is 5.10. The fourth-order valence-electron chi connectivity index (χ4n) is 1.83. The van der Waals surface area contributed by atoms with Crippen LogP contribution in [0.5, 0.6) is 0 Å². The molecule has 0 atom stereocenters. The fraction of sp³-hybridized carbons (Fsp3) is 0.556. The number of nitrogens with zero attached hydrogens (tertiary/aromatic N) is 3. The molecular formula is C9H14N4S. The Balaban J connectivity index is 2.49. The van der Waals surface area contributed by atoms with Gasteiger partial charge in [-0.2, -0.15) is 5.10 Å². The van der Waals surface area contributed by atoms with Gasteiger partial charge in [0.2, 0.25) is 0 Å². The van der Waals surface area contributed by atoms with Crippen LogP contribution < -0.4 is 10.6 Å². The highest BCUT2D eigenvalue weighted by Gasteiger charge is 2.24. The Morgan fingerprint density at radius 1 is 1.50 bits per heavy atom. The van der Waals surface area contributed by atoms with E-state index >= 15 is 0 Å². The monoisotopic (exact) mass is 210 g/mol. The molecule has 1 aliphatic rings. The van der Waals surface area contributed by atoms with Crippen LogP contribution in [0.3, 0.4) is 0 Å². The highest BCUT2D eigenvalue weighted by molar-refractivity contribution is 7.80. The van der Waals surface area contributed by atoms with Crippen molar-refractivity contribution in [3.63, 3.8) is 0 Å². The van der Waals surface area contributed by atoms with Crippen molar-refractivity contribution in [3.8, 4) is 0 Å². The van der Waals surface area contributed by atoms with Crippen LogP contribution in [0.25, 0.3) is 0 Å². The van der Waals surface area contributed by atoms with Crippen LogP contribution in [0.2, 0.25) is 0 Å². The van der Waals surface area contributed by atoms with Crippen molar-refractivity contribution in [3.05, 3.63) is 11.3 Å². The van der Waals surface area contributed by atoms with Gasteiger partial charge in [0.05, 0.1) is 11.3 Å². The molecule has 1 aromatic rings. The number of rotatable bonds is 2. The number of anilines is 1. The SMILES string of the molecule is Cc1nn(C)c(N2CCC2)c1C(N)=S. The highest BCUT2D eigenvalue weighted by Crippen LogP contribution is 2.26. The first-order valence-electron chi connectivity index (χ1n) is 4.69. The molecule has 4 nitrogen and oxygen atoms in total. The average molecular weight is 210 g/mol. The van der Waals surface area contributed by atoms with Gasteiger partial charge in [-0.05, 0) is 13.3 Å². The van der Waals surface area contributed by atoms with Crippen LogP contribution in [0.4, 0.5) is 5.82 Å². The van der Waals surface area contributed by atoms with Crippen molar-refractivity contribution in [1.82, 2.24) is 9.78 Å². The Morgan fingerprint density at radius 2 is 2.14 bits per heavy atom. The minimum absolute atomic E-state index is 0.442. The summed E-state index contributed by atoms with van der Waals surface area (Å²) in [4.78, 5) is 2.70. The maximum Gasteiger partial charge on any atom is 0.137 e. The molecule has 0 spiro atoms. The summed E-state index contributed by atoms with van der Waals surface area (Å²) in [5, 5.41) is 4.34. The lowest BCUT2D eigenvalue weighted by Gasteiger charge is -2.33. The zero-order valence-electron chi connectivity index (χ0n) is 8.45. The molecule has 1 fully saturated rings. The van der Waals surface area contributed by atoms with E-state index in [9.17, 15) is 0 Å². The standard InChI is InChI=1S/C9H14N4S/c1-6-7(8(10)14)9(12(2)11-6)13-4-3-5-13/h3-5H2,1-2H3,(H2,10,14). The lowest BCUT2D eigenvalue weighted by atomic mass is 10.1. The zero-order valence-corrected chi connectivity index (χ0v) is 9.27. The molecule has 1 aromatic heterocycles. The summed E-state index contributed by atoms with van der Waals surface area (Å²) in [6.45, 7) is 4.10. The second-order valence-corrected chi connectivity index (χ2v) is 4.05. The average Bonchev–Trinajstić information content (AvgIpc) is 2.23. The molecule has 0 aromatic carbocycles. The first kappa shape index (κ1) is 9.45. The van der Waals surface area contributed by atoms with Gasteiger partial charge in [-0.1, -0.05) is 12.2 Å². The van der Waals surface area contributed by atoms with Crippen molar-refractivity contribution in [1.29, 1.82) is 0 Å². The first-order chi connectivity index (χ1) is 6.61. The maximum absolute atomic E-state index is 5.70. The summed E-state index contributed by atoms with van der Waals surface area (Å²) in [6.07, 6.45) is 1.24. The topological polar surface area (TPSA) is 47.1 Å². The Labute approximate surface area is 88.7 Å². The van der Waals surface area contributed by atoms with Gasteiger partial charge in [-0.3, -0.25) is 4.68 Å². The Hall–Kier alpha value is -1.10. The molecule has 0 radical (unpaired) electrons. The molecule has 0 bridgehead atoms. The normalized spacial score (nSPS) is 15.4. The minimum Gasteiger partial charge on any atom is -0.389 e. The maximum atomic E-state index is 5.70. The van der Waals surface area contributed by atoms with E-state index < -0.39 is 0 Å². The molecule has 5 heteroatoms. The van der Waals surface area contributed by atoms with Crippen LogP contribution in [0.1, 0.15) is 17.7 Å². The summed E-state index contributed by atoms with van der Waals surface area (Å²) in [5.41, 5.74) is 7.55.